The molecule has 0 saturated carbocycles. The number of ether oxygens (including phenoxy) is 1. The fourth-order valence-corrected chi connectivity index (χ4v) is 1.50. The van der Waals surface area contributed by atoms with E-state index in [-0.39, 0.29) is 22.4 Å². The Morgan fingerprint density at radius 3 is 2.53 bits per heavy atom. The minimum absolute atomic E-state index is 0.237. The molecule has 0 bridgehead atoms. The van der Waals surface area contributed by atoms with Gasteiger partial charge in [0.05, 0.1) is 15.1 Å². The van der Waals surface area contributed by atoms with E-state index < -0.39 is 5.91 Å². The Bertz CT molecular complexity index is 485. The standard InChI is InChI=1S/C10H7Cl3N2O2/c1-15(5-14)10(16)4-17-9-3-7(12)6(11)2-8(9)13/h2-3H,4H2,1H3. The normalized spacial score (nSPS) is 9.59. The first-order valence-electron chi connectivity index (χ1n) is 4.39. The Hall–Kier alpha value is -1.15. The van der Waals surface area contributed by atoms with Crippen LogP contribution in [0.3, 0.4) is 0 Å². The number of rotatable bonds is 3. The molecule has 0 radical (unpaired) electrons. The van der Waals surface area contributed by atoms with Gasteiger partial charge in [-0.1, -0.05) is 34.8 Å². The van der Waals surface area contributed by atoms with Gasteiger partial charge in [0, 0.05) is 13.1 Å². The van der Waals surface area contributed by atoms with Crippen molar-refractivity contribution in [3.8, 4) is 11.9 Å². The van der Waals surface area contributed by atoms with Crippen LogP contribution in [0.25, 0.3) is 0 Å². The molecule has 0 N–H and O–H groups in total. The molecular formula is C10H7Cl3N2O2. The summed E-state index contributed by atoms with van der Waals surface area (Å²) in [5.74, 6) is -0.254. The maximum absolute atomic E-state index is 11.3. The summed E-state index contributed by atoms with van der Waals surface area (Å²) >= 11 is 17.3. The molecule has 0 unspecified atom stereocenters. The summed E-state index contributed by atoms with van der Waals surface area (Å²) in [5, 5.41) is 9.28. The number of hydrogen-bond acceptors (Lipinski definition) is 3. The molecule has 0 aromatic heterocycles. The van der Waals surface area contributed by atoms with E-state index in [2.05, 4.69) is 0 Å². The number of carbonyl (C=O) groups is 1. The van der Waals surface area contributed by atoms with E-state index in [0.717, 1.165) is 4.90 Å². The van der Waals surface area contributed by atoms with Crippen LogP contribution in [-0.4, -0.2) is 24.5 Å². The lowest BCUT2D eigenvalue weighted by molar-refractivity contribution is -0.129. The van der Waals surface area contributed by atoms with Crippen molar-refractivity contribution in [2.24, 2.45) is 0 Å². The predicted octanol–water partition coefficient (Wildman–Crippen LogP) is 2.97. The third-order valence-corrected chi connectivity index (χ3v) is 2.87. The summed E-state index contributed by atoms with van der Waals surface area (Å²) < 4.78 is 5.14. The van der Waals surface area contributed by atoms with E-state index >= 15 is 0 Å². The van der Waals surface area contributed by atoms with Crippen LogP contribution in [0.4, 0.5) is 0 Å². The number of hydrogen-bond donors (Lipinski definition) is 0. The van der Waals surface area contributed by atoms with E-state index in [1.165, 1.54) is 19.2 Å². The van der Waals surface area contributed by atoms with Crippen LogP contribution in [0.15, 0.2) is 12.1 Å². The molecule has 17 heavy (non-hydrogen) atoms. The molecule has 90 valence electrons. The van der Waals surface area contributed by atoms with Gasteiger partial charge in [0.15, 0.2) is 12.8 Å². The summed E-state index contributed by atoms with van der Waals surface area (Å²) in [6.07, 6.45) is 1.66. The first kappa shape index (κ1) is 13.9. The third-order valence-electron chi connectivity index (χ3n) is 1.85. The summed E-state index contributed by atoms with van der Waals surface area (Å²) in [6.45, 7) is -0.304. The highest BCUT2D eigenvalue weighted by molar-refractivity contribution is 6.43. The lowest BCUT2D eigenvalue weighted by Crippen LogP contribution is -2.27. The van der Waals surface area contributed by atoms with Crippen molar-refractivity contribution in [3.05, 3.63) is 27.2 Å². The Kier molecular flexibility index (Phi) is 4.88. The van der Waals surface area contributed by atoms with Crippen LogP contribution in [0.5, 0.6) is 5.75 Å². The van der Waals surface area contributed by atoms with Gasteiger partial charge in [-0.25, -0.2) is 4.90 Å². The first-order valence-corrected chi connectivity index (χ1v) is 5.52. The van der Waals surface area contributed by atoms with E-state index in [0.29, 0.717) is 5.02 Å². The molecule has 0 aliphatic carbocycles. The first-order chi connectivity index (χ1) is 7.95. The average molecular weight is 294 g/mol. The summed E-state index contributed by atoms with van der Waals surface area (Å²) in [5.41, 5.74) is 0. The predicted molar refractivity (Wildman–Crippen MR) is 65.4 cm³/mol. The average Bonchev–Trinajstić information content (AvgIpc) is 2.30. The Balaban J connectivity index is 2.74. The Morgan fingerprint density at radius 2 is 1.94 bits per heavy atom. The fraction of sp³-hybridized carbons (Fsp3) is 0.200. The van der Waals surface area contributed by atoms with Gasteiger partial charge in [0.1, 0.15) is 5.75 Å². The Labute approximate surface area is 113 Å². The molecule has 0 heterocycles. The van der Waals surface area contributed by atoms with E-state index in [1.807, 2.05) is 0 Å². The van der Waals surface area contributed by atoms with E-state index in [4.69, 9.17) is 44.8 Å². The van der Waals surface area contributed by atoms with Crippen LogP contribution < -0.4 is 4.74 Å². The second kappa shape index (κ2) is 5.97. The van der Waals surface area contributed by atoms with Crippen LogP contribution in [-0.2, 0) is 4.79 Å². The monoisotopic (exact) mass is 292 g/mol. The Morgan fingerprint density at radius 1 is 1.35 bits per heavy atom. The van der Waals surface area contributed by atoms with Crippen LogP contribution in [0, 0.1) is 11.5 Å². The molecule has 0 spiro atoms. The van der Waals surface area contributed by atoms with Crippen molar-refractivity contribution in [1.29, 1.82) is 5.26 Å². The van der Waals surface area contributed by atoms with Crippen molar-refractivity contribution < 1.29 is 9.53 Å². The quantitative estimate of drug-likeness (QED) is 0.489. The highest BCUT2D eigenvalue weighted by atomic mass is 35.5. The SMILES string of the molecule is CN(C#N)C(=O)COc1cc(Cl)c(Cl)cc1Cl. The number of benzene rings is 1. The zero-order valence-electron chi connectivity index (χ0n) is 8.71. The molecule has 1 amide bonds. The van der Waals surface area contributed by atoms with Crippen LogP contribution >= 0.6 is 34.8 Å². The molecule has 0 aliphatic rings. The minimum Gasteiger partial charge on any atom is -0.482 e. The smallest absolute Gasteiger partial charge is 0.273 e. The summed E-state index contributed by atoms with van der Waals surface area (Å²) in [4.78, 5) is 12.1. The highest BCUT2D eigenvalue weighted by Gasteiger charge is 2.11. The van der Waals surface area contributed by atoms with Gasteiger partial charge in [0.2, 0.25) is 0 Å². The number of nitrogens with zero attached hydrogens (tertiary/aromatic N) is 2. The number of amides is 1. The number of nitriles is 1. The van der Waals surface area contributed by atoms with E-state index in [1.54, 1.807) is 6.19 Å². The fourth-order valence-electron chi connectivity index (χ4n) is 0.907. The molecule has 0 aliphatic heterocycles. The summed E-state index contributed by atoms with van der Waals surface area (Å²) in [7, 11) is 1.34. The van der Waals surface area contributed by atoms with Gasteiger partial charge >= 0.3 is 0 Å². The van der Waals surface area contributed by atoms with Gasteiger partial charge in [-0.2, -0.15) is 5.26 Å². The lowest BCUT2D eigenvalue weighted by atomic mass is 10.3. The molecule has 4 nitrogen and oxygen atoms in total. The number of carbonyl (C=O) groups excluding carboxylic acids is 1. The molecule has 0 fully saturated rings. The zero-order valence-corrected chi connectivity index (χ0v) is 11.0. The van der Waals surface area contributed by atoms with Crippen LogP contribution in [0.2, 0.25) is 15.1 Å². The second-order valence-electron chi connectivity index (χ2n) is 3.04. The molecular weight excluding hydrogens is 286 g/mol. The molecule has 7 heteroatoms. The maximum atomic E-state index is 11.3. The van der Waals surface area contributed by atoms with Crippen molar-refractivity contribution in [3.63, 3.8) is 0 Å². The molecule has 0 saturated heterocycles. The van der Waals surface area contributed by atoms with Crippen molar-refractivity contribution in [2.45, 2.75) is 0 Å². The number of likely N-dealkylation sites (N-methyl/N-ethyl adjacent to an activating group) is 1. The molecule has 1 aromatic rings. The largest absolute Gasteiger partial charge is 0.482 e. The highest BCUT2D eigenvalue weighted by Crippen LogP contribution is 2.33. The molecule has 0 atom stereocenters. The second-order valence-corrected chi connectivity index (χ2v) is 4.26. The van der Waals surface area contributed by atoms with Crippen molar-refractivity contribution in [1.82, 2.24) is 4.90 Å². The van der Waals surface area contributed by atoms with Crippen LogP contribution in [0.1, 0.15) is 0 Å². The zero-order chi connectivity index (χ0) is 13.0. The van der Waals surface area contributed by atoms with Crippen molar-refractivity contribution >= 4 is 40.7 Å². The summed E-state index contributed by atoms with van der Waals surface area (Å²) in [6, 6.07) is 2.82. The van der Waals surface area contributed by atoms with Crippen molar-refractivity contribution in [2.75, 3.05) is 13.7 Å². The van der Waals surface area contributed by atoms with Gasteiger partial charge in [-0.15, -0.1) is 0 Å². The third kappa shape index (κ3) is 3.67. The molecule has 1 rings (SSSR count). The van der Waals surface area contributed by atoms with Gasteiger partial charge in [-0.05, 0) is 6.07 Å². The lowest BCUT2D eigenvalue weighted by Gasteiger charge is -2.10. The van der Waals surface area contributed by atoms with Gasteiger partial charge < -0.3 is 4.74 Å². The topological polar surface area (TPSA) is 53.3 Å². The number of halogens is 3. The maximum Gasteiger partial charge on any atom is 0.273 e. The minimum atomic E-state index is -0.491. The molecule has 1 aromatic carbocycles. The van der Waals surface area contributed by atoms with Gasteiger partial charge in [0.25, 0.3) is 5.91 Å². The van der Waals surface area contributed by atoms with Gasteiger partial charge in [-0.3, -0.25) is 4.79 Å². The van der Waals surface area contributed by atoms with E-state index in [9.17, 15) is 4.79 Å².